The van der Waals surface area contributed by atoms with Gasteiger partial charge in [-0.2, -0.15) is 0 Å². The predicted octanol–water partition coefficient (Wildman–Crippen LogP) is 4.57. The fourth-order valence-electron chi connectivity index (χ4n) is 3.00. The van der Waals surface area contributed by atoms with Gasteiger partial charge in [0.1, 0.15) is 0 Å². The zero-order valence-electron chi connectivity index (χ0n) is 10.8. The van der Waals surface area contributed by atoms with E-state index in [0.717, 1.165) is 12.5 Å². The smallest absolute Gasteiger partial charge is 0.0346 e. The van der Waals surface area contributed by atoms with E-state index in [-0.39, 0.29) is 0 Å². The monoisotopic (exact) mass is 259 g/mol. The highest BCUT2D eigenvalue weighted by Crippen LogP contribution is 2.27. The maximum absolute atomic E-state index is 3.61. The van der Waals surface area contributed by atoms with Crippen LogP contribution in [0.3, 0.4) is 0 Å². The Morgan fingerprint density at radius 2 is 2.00 bits per heavy atom. The lowest BCUT2D eigenvalue weighted by Crippen LogP contribution is -2.16. The summed E-state index contributed by atoms with van der Waals surface area (Å²) in [7, 11) is 0. The Morgan fingerprint density at radius 3 is 2.89 bits per heavy atom. The second kappa shape index (κ2) is 5.85. The molecule has 1 saturated carbocycles. The van der Waals surface area contributed by atoms with Crippen LogP contribution < -0.4 is 5.32 Å². The molecule has 96 valence electrons. The molecule has 0 amide bonds. The third-order valence-electron chi connectivity index (χ3n) is 4.08. The van der Waals surface area contributed by atoms with E-state index in [2.05, 4.69) is 35.0 Å². The average molecular weight is 259 g/mol. The largest absolute Gasteiger partial charge is 0.313 e. The zero-order chi connectivity index (χ0) is 12.2. The van der Waals surface area contributed by atoms with Gasteiger partial charge in [0.2, 0.25) is 0 Å². The Bertz CT molecular complexity index is 497. The van der Waals surface area contributed by atoms with Gasteiger partial charge in [-0.05, 0) is 41.3 Å². The summed E-state index contributed by atoms with van der Waals surface area (Å²) in [5, 5.41) is 7.34. The van der Waals surface area contributed by atoms with Crippen molar-refractivity contribution in [2.45, 2.75) is 38.6 Å². The van der Waals surface area contributed by atoms with E-state index >= 15 is 0 Å². The maximum atomic E-state index is 3.61. The van der Waals surface area contributed by atoms with E-state index in [1.165, 1.54) is 54.3 Å². The van der Waals surface area contributed by atoms with E-state index in [1.807, 2.05) is 11.3 Å². The summed E-state index contributed by atoms with van der Waals surface area (Å²) >= 11 is 1.86. The first-order valence-corrected chi connectivity index (χ1v) is 7.97. The van der Waals surface area contributed by atoms with Crippen LogP contribution in [0.4, 0.5) is 0 Å². The average Bonchev–Trinajstić information content (AvgIpc) is 3.04. The van der Waals surface area contributed by atoms with E-state index in [9.17, 15) is 0 Å². The molecule has 1 nitrogen and oxygen atoms in total. The molecule has 2 heteroatoms. The van der Waals surface area contributed by atoms with Gasteiger partial charge in [0, 0.05) is 11.2 Å². The Morgan fingerprint density at radius 1 is 1.17 bits per heavy atom. The molecule has 0 radical (unpaired) electrons. The minimum atomic E-state index is 0.997. The zero-order valence-corrected chi connectivity index (χ0v) is 11.6. The summed E-state index contributed by atoms with van der Waals surface area (Å²) in [6.45, 7) is 2.20. The minimum Gasteiger partial charge on any atom is -0.313 e. The van der Waals surface area contributed by atoms with Gasteiger partial charge in [0.05, 0.1) is 0 Å². The first kappa shape index (κ1) is 12.2. The molecule has 3 rings (SSSR count). The molecule has 0 unspecified atom stereocenters. The molecule has 2 aromatic rings. The molecule has 1 aliphatic rings. The lowest BCUT2D eigenvalue weighted by Gasteiger charge is -2.09. The van der Waals surface area contributed by atoms with Crippen LogP contribution in [0.5, 0.6) is 0 Å². The fourth-order valence-corrected chi connectivity index (χ4v) is 3.96. The van der Waals surface area contributed by atoms with Gasteiger partial charge in [-0.1, -0.05) is 43.9 Å². The van der Waals surface area contributed by atoms with E-state index < -0.39 is 0 Å². The first-order valence-electron chi connectivity index (χ1n) is 7.09. The molecule has 18 heavy (non-hydrogen) atoms. The van der Waals surface area contributed by atoms with Gasteiger partial charge in [-0.15, -0.1) is 11.3 Å². The van der Waals surface area contributed by atoms with Crippen molar-refractivity contribution < 1.29 is 0 Å². The van der Waals surface area contributed by atoms with E-state index in [1.54, 1.807) is 0 Å². The second-order valence-electron chi connectivity index (χ2n) is 5.37. The Labute approximate surface area is 113 Å². The summed E-state index contributed by atoms with van der Waals surface area (Å²) < 4.78 is 1.41. The van der Waals surface area contributed by atoms with Crippen LogP contribution in [0.1, 0.15) is 37.7 Å². The molecule has 0 saturated heterocycles. The summed E-state index contributed by atoms with van der Waals surface area (Å²) in [6, 6.07) is 8.70. The molecule has 0 bridgehead atoms. The quantitative estimate of drug-likeness (QED) is 0.775. The predicted molar refractivity (Wildman–Crippen MR) is 80.1 cm³/mol. The Hall–Kier alpha value is -0.860. The highest BCUT2D eigenvalue weighted by molar-refractivity contribution is 7.17. The molecule has 0 spiro atoms. The van der Waals surface area contributed by atoms with Crippen molar-refractivity contribution in [1.29, 1.82) is 0 Å². The van der Waals surface area contributed by atoms with Crippen molar-refractivity contribution in [2.24, 2.45) is 5.92 Å². The van der Waals surface area contributed by atoms with E-state index in [4.69, 9.17) is 0 Å². The van der Waals surface area contributed by atoms with Crippen LogP contribution >= 0.6 is 11.3 Å². The SMILES string of the molecule is c1ccc2c(CNCCC3CCCC3)csc2c1. The minimum absolute atomic E-state index is 0.997. The van der Waals surface area contributed by atoms with Crippen molar-refractivity contribution in [1.82, 2.24) is 5.32 Å². The van der Waals surface area contributed by atoms with Crippen LogP contribution in [0.25, 0.3) is 10.1 Å². The number of benzene rings is 1. The van der Waals surface area contributed by atoms with Crippen LogP contribution in [0.2, 0.25) is 0 Å². The van der Waals surface area contributed by atoms with Gasteiger partial charge < -0.3 is 5.32 Å². The molecule has 1 aromatic heterocycles. The van der Waals surface area contributed by atoms with Gasteiger partial charge in [0.15, 0.2) is 0 Å². The van der Waals surface area contributed by atoms with Crippen LogP contribution in [-0.4, -0.2) is 6.54 Å². The fraction of sp³-hybridized carbons (Fsp3) is 0.500. The lowest BCUT2D eigenvalue weighted by molar-refractivity contribution is 0.478. The highest BCUT2D eigenvalue weighted by Gasteiger charge is 2.13. The number of thiophene rings is 1. The number of fused-ring (bicyclic) bond motifs is 1. The van der Waals surface area contributed by atoms with Gasteiger partial charge in [-0.3, -0.25) is 0 Å². The first-order chi connectivity index (χ1) is 8.93. The van der Waals surface area contributed by atoms with Gasteiger partial charge >= 0.3 is 0 Å². The van der Waals surface area contributed by atoms with E-state index in [0.29, 0.717) is 0 Å². The molecule has 1 aliphatic carbocycles. The summed E-state index contributed by atoms with van der Waals surface area (Å²) in [5.74, 6) is 0.997. The maximum Gasteiger partial charge on any atom is 0.0346 e. The van der Waals surface area contributed by atoms with Gasteiger partial charge in [0.25, 0.3) is 0 Å². The molecular formula is C16H21NS. The van der Waals surface area contributed by atoms with Gasteiger partial charge in [-0.25, -0.2) is 0 Å². The molecule has 0 aliphatic heterocycles. The normalized spacial score (nSPS) is 16.7. The van der Waals surface area contributed by atoms with Crippen molar-refractivity contribution in [2.75, 3.05) is 6.54 Å². The highest BCUT2D eigenvalue weighted by atomic mass is 32.1. The molecule has 0 atom stereocenters. The summed E-state index contributed by atoms with van der Waals surface area (Å²) in [5.41, 5.74) is 1.46. The van der Waals surface area contributed by atoms with Crippen LogP contribution in [0.15, 0.2) is 29.6 Å². The molecule has 1 aromatic carbocycles. The molecule has 1 N–H and O–H groups in total. The second-order valence-corrected chi connectivity index (χ2v) is 6.28. The third kappa shape index (κ3) is 2.76. The number of hydrogen-bond donors (Lipinski definition) is 1. The Balaban J connectivity index is 1.50. The molecule has 1 fully saturated rings. The molecular weight excluding hydrogens is 238 g/mol. The van der Waals surface area contributed by atoms with Crippen LogP contribution in [-0.2, 0) is 6.54 Å². The topological polar surface area (TPSA) is 12.0 Å². The third-order valence-corrected chi connectivity index (χ3v) is 5.09. The summed E-state index contributed by atoms with van der Waals surface area (Å²) in [6.07, 6.45) is 7.20. The summed E-state index contributed by atoms with van der Waals surface area (Å²) in [4.78, 5) is 0. The standard InChI is InChI=1S/C16H21NS/c1-2-6-13(5-1)9-10-17-11-14-12-18-16-8-4-3-7-15(14)16/h3-4,7-8,12-13,17H,1-2,5-6,9-11H2. The molecule has 1 heterocycles. The van der Waals surface area contributed by atoms with Crippen molar-refractivity contribution >= 4 is 21.4 Å². The Kier molecular flexibility index (Phi) is 3.96. The number of hydrogen-bond acceptors (Lipinski definition) is 2. The lowest BCUT2D eigenvalue weighted by atomic mass is 10.0. The number of rotatable bonds is 5. The van der Waals surface area contributed by atoms with Crippen molar-refractivity contribution in [3.05, 3.63) is 35.2 Å². The number of nitrogens with one attached hydrogen (secondary N) is 1. The van der Waals surface area contributed by atoms with Crippen LogP contribution in [0, 0.1) is 5.92 Å². The van der Waals surface area contributed by atoms with Crippen molar-refractivity contribution in [3.63, 3.8) is 0 Å². The van der Waals surface area contributed by atoms with Crippen molar-refractivity contribution in [3.8, 4) is 0 Å².